The number of rotatable bonds is 1. The number of halogens is 1. The number of hydrogen-bond donors (Lipinski definition) is 0. The molecule has 0 bridgehead atoms. The van der Waals surface area contributed by atoms with Crippen LogP contribution in [-0.4, -0.2) is 5.78 Å². The summed E-state index contributed by atoms with van der Waals surface area (Å²) < 4.78 is 0. The van der Waals surface area contributed by atoms with Crippen molar-refractivity contribution in [1.29, 1.82) is 0 Å². The molecule has 0 radical (unpaired) electrons. The second-order valence-corrected chi connectivity index (χ2v) is 3.88. The Morgan fingerprint density at radius 3 is 2.64 bits per heavy atom. The largest absolute Gasteiger partial charge is 0.295 e. The molecule has 0 unspecified atom stereocenters. The maximum Gasteiger partial charge on any atom is 0.158 e. The molecule has 1 nitrogen and oxygen atoms in total. The molecule has 14 heavy (non-hydrogen) atoms. The van der Waals surface area contributed by atoms with Crippen molar-refractivity contribution in [3.05, 3.63) is 40.4 Å². The highest BCUT2D eigenvalue weighted by atomic mass is 35.5. The van der Waals surface area contributed by atoms with Gasteiger partial charge < -0.3 is 0 Å². The Labute approximate surface area is 88.4 Å². The molecule has 0 N–H and O–H groups in total. The van der Waals surface area contributed by atoms with Crippen LogP contribution < -0.4 is 0 Å². The lowest BCUT2D eigenvalue weighted by atomic mass is 10.1. The van der Waals surface area contributed by atoms with Crippen molar-refractivity contribution < 1.29 is 4.79 Å². The Kier molecular flexibility index (Phi) is 2.69. The van der Waals surface area contributed by atoms with E-state index >= 15 is 0 Å². The van der Waals surface area contributed by atoms with Crippen molar-refractivity contribution in [2.24, 2.45) is 0 Å². The maximum atomic E-state index is 11.4. The molecule has 1 aromatic carbocycles. The van der Waals surface area contributed by atoms with E-state index in [4.69, 9.17) is 11.6 Å². The zero-order valence-electron chi connectivity index (χ0n) is 7.79. The van der Waals surface area contributed by atoms with Crippen molar-refractivity contribution >= 4 is 23.5 Å². The fourth-order valence-electron chi connectivity index (χ4n) is 1.67. The molecule has 1 aromatic rings. The van der Waals surface area contributed by atoms with Gasteiger partial charge in [-0.2, -0.15) is 0 Å². The Hall–Kier alpha value is -1.08. The SMILES string of the molecule is O=C1CCCC1=Cc1ccccc1Cl. The molecule has 0 saturated heterocycles. The van der Waals surface area contributed by atoms with Gasteiger partial charge in [0.25, 0.3) is 0 Å². The van der Waals surface area contributed by atoms with E-state index in [0.717, 1.165) is 24.0 Å². The topological polar surface area (TPSA) is 17.1 Å². The third-order valence-electron chi connectivity index (χ3n) is 2.44. The van der Waals surface area contributed by atoms with Gasteiger partial charge in [-0.3, -0.25) is 4.79 Å². The molecular formula is C12H11ClO. The van der Waals surface area contributed by atoms with E-state index < -0.39 is 0 Å². The lowest BCUT2D eigenvalue weighted by Crippen LogP contribution is -1.90. The maximum absolute atomic E-state index is 11.4. The minimum atomic E-state index is 0.268. The van der Waals surface area contributed by atoms with Crippen LogP contribution in [0.15, 0.2) is 29.8 Å². The molecule has 2 heteroatoms. The third kappa shape index (κ3) is 1.88. The quantitative estimate of drug-likeness (QED) is 0.643. The Morgan fingerprint density at radius 2 is 2.00 bits per heavy atom. The van der Waals surface area contributed by atoms with Gasteiger partial charge in [-0.25, -0.2) is 0 Å². The fourth-order valence-corrected chi connectivity index (χ4v) is 1.86. The van der Waals surface area contributed by atoms with Gasteiger partial charge in [0, 0.05) is 11.4 Å². The Balaban J connectivity index is 2.33. The van der Waals surface area contributed by atoms with Gasteiger partial charge in [0.2, 0.25) is 0 Å². The van der Waals surface area contributed by atoms with Crippen LogP contribution >= 0.6 is 11.6 Å². The summed E-state index contributed by atoms with van der Waals surface area (Å²) in [5, 5.41) is 0.708. The van der Waals surface area contributed by atoms with Crippen LogP contribution in [0.3, 0.4) is 0 Å². The predicted octanol–water partition coefficient (Wildman–Crippen LogP) is 3.48. The van der Waals surface area contributed by atoms with Crippen molar-refractivity contribution in [3.63, 3.8) is 0 Å². The van der Waals surface area contributed by atoms with E-state index in [1.165, 1.54) is 0 Å². The summed E-state index contributed by atoms with van der Waals surface area (Å²) in [6.07, 6.45) is 4.48. The molecule has 1 saturated carbocycles. The second kappa shape index (κ2) is 3.97. The normalized spacial score (nSPS) is 19.2. The molecule has 0 atom stereocenters. The summed E-state index contributed by atoms with van der Waals surface area (Å²) in [7, 11) is 0. The summed E-state index contributed by atoms with van der Waals surface area (Å²) in [5.74, 6) is 0.268. The average molecular weight is 207 g/mol. The van der Waals surface area contributed by atoms with Crippen LogP contribution in [0, 0.1) is 0 Å². The van der Waals surface area contributed by atoms with E-state index in [1.54, 1.807) is 0 Å². The summed E-state index contributed by atoms with van der Waals surface area (Å²) in [5.41, 5.74) is 1.86. The van der Waals surface area contributed by atoms with E-state index in [0.29, 0.717) is 11.4 Å². The predicted molar refractivity (Wildman–Crippen MR) is 58.3 cm³/mol. The van der Waals surface area contributed by atoms with Crippen molar-refractivity contribution in [2.75, 3.05) is 0 Å². The minimum Gasteiger partial charge on any atom is -0.295 e. The number of ketones is 1. The number of hydrogen-bond acceptors (Lipinski definition) is 1. The molecule has 1 aliphatic rings. The lowest BCUT2D eigenvalue weighted by Gasteiger charge is -1.98. The second-order valence-electron chi connectivity index (χ2n) is 3.47. The first-order valence-corrected chi connectivity index (χ1v) is 5.13. The van der Waals surface area contributed by atoms with E-state index in [2.05, 4.69) is 0 Å². The molecule has 2 rings (SSSR count). The molecule has 0 aliphatic heterocycles. The van der Waals surface area contributed by atoms with Crippen LogP contribution in [0.4, 0.5) is 0 Å². The number of carbonyl (C=O) groups is 1. The summed E-state index contributed by atoms with van der Waals surface area (Å²) >= 11 is 5.99. The zero-order valence-corrected chi connectivity index (χ0v) is 8.55. The van der Waals surface area contributed by atoms with E-state index in [1.807, 2.05) is 30.3 Å². The average Bonchev–Trinajstić information content (AvgIpc) is 2.56. The summed E-state index contributed by atoms with van der Waals surface area (Å²) in [4.78, 5) is 11.4. The molecule has 1 fully saturated rings. The Morgan fingerprint density at radius 1 is 1.21 bits per heavy atom. The zero-order chi connectivity index (χ0) is 9.97. The highest BCUT2D eigenvalue weighted by Crippen LogP contribution is 2.25. The first kappa shape index (κ1) is 9.47. The van der Waals surface area contributed by atoms with Gasteiger partial charge in [0.1, 0.15) is 0 Å². The smallest absolute Gasteiger partial charge is 0.158 e. The van der Waals surface area contributed by atoms with Gasteiger partial charge in [-0.05, 0) is 36.1 Å². The number of Topliss-reactive ketones (excluding diaryl/α,β-unsaturated/α-hetero) is 1. The van der Waals surface area contributed by atoms with Gasteiger partial charge >= 0.3 is 0 Å². The molecule has 0 amide bonds. The lowest BCUT2D eigenvalue weighted by molar-refractivity contribution is -0.114. The molecule has 1 aliphatic carbocycles. The minimum absolute atomic E-state index is 0.268. The summed E-state index contributed by atoms with van der Waals surface area (Å²) in [6, 6.07) is 7.59. The van der Waals surface area contributed by atoms with Gasteiger partial charge in [0.15, 0.2) is 5.78 Å². The first-order valence-electron chi connectivity index (χ1n) is 4.75. The standard InChI is InChI=1S/C12H11ClO/c13-11-6-2-1-4-9(11)8-10-5-3-7-12(10)14/h1-2,4,6,8H,3,5,7H2. The van der Waals surface area contributed by atoms with Gasteiger partial charge in [-0.15, -0.1) is 0 Å². The fraction of sp³-hybridized carbons (Fsp3) is 0.250. The van der Waals surface area contributed by atoms with Crippen LogP contribution in [-0.2, 0) is 4.79 Å². The van der Waals surface area contributed by atoms with Crippen LogP contribution in [0.25, 0.3) is 6.08 Å². The number of benzene rings is 1. The highest BCUT2D eigenvalue weighted by Gasteiger charge is 2.16. The van der Waals surface area contributed by atoms with Crippen LogP contribution in [0.1, 0.15) is 24.8 Å². The third-order valence-corrected chi connectivity index (χ3v) is 2.79. The Bertz CT molecular complexity index is 393. The summed E-state index contributed by atoms with van der Waals surface area (Å²) in [6.45, 7) is 0. The highest BCUT2D eigenvalue weighted by molar-refractivity contribution is 6.32. The molecule has 72 valence electrons. The van der Waals surface area contributed by atoms with Crippen molar-refractivity contribution in [3.8, 4) is 0 Å². The molecule has 0 aromatic heterocycles. The van der Waals surface area contributed by atoms with Crippen molar-refractivity contribution in [2.45, 2.75) is 19.3 Å². The first-order chi connectivity index (χ1) is 6.77. The van der Waals surface area contributed by atoms with Crippen molar-refractivity contribution in [1.82, 2.24) is 0 Å². The number of carbonyl (C=O) groups excluding carboxylic acids is 1. The molecule has 0 spiro atoms. The monoisotopic (exact) mass is 206 g/mol. The van der Waals surface area contributed by atoms with Crippen LogP contribution in [0.5, 0.6) is 0 Å². The van der Waals surface area contributed by atoms with Gasteiger partial charge in [0.05, 0.1) is 0 Å². The number of allylic oxidation sites excluding steroid dienone is 1. The van der Waals surface area contributed by atoms with Crippen LogP contribution in [0.2, 0.25) is 5.02 Å². The molecule has 0 heterocycles. The van der Waals surface area contributed by atoms with E-state index in [-0.39, 0.29) is 5.78 Å². The molecular weight excluding hydrogens is 196 g/mol. The van der Waals surface area contributed by atoms with E-state index in [9.17, 15) is 4.79 Å². The van der Waals surface area contributed by atoms with Gasteiger partial charge in [-0.1, -0.05) is 29.8 Å².